The lowest BCUT2D eigenvalue weighted by Gasteiger charge is -2.36. The zero-order valence-electron chi connectivity index (χ0n) is 19.4. The van der Waals surface area contributed by atoms with Gasteiger partial charge in [0.05, 0.1) is 24.5 Å². The van der Waals surface area contributed by atoms with E-state index >= 15 is 0 Å². The number of carbonyl (C=O) groups excluding carboxylic acids is 2. The van der Waals surface area contributed by atoms with E-state index in [4.69, 9.17) is 0 Å². The van der Waals surface area contributed by atoms with E-state index < -0.39 is 23.0 Å². The number of para-hydroxylation sites is 2. The Bertz CT molecular complexity index is 1360. The summed E-state index contributed by atoms with van der Waals surface area (Å²) in [5.74, 6) is -1.47. The van der Waals surface area contributed by atoms with E-state index in [1.54, 1.807) is 48.5 Å². The highest BCUT2D eigenvalue weighted by molar-refractivity contribution is 6.16. The van der Waals surface area contributed by atoms with Crippen molar-refractivity contribution in [3.63, 3.8) is 0 Å². The summed E-state index contributed by atoms with van der Waals surface area (Å²) in [5.41, 5.74) is -1.94. The van der Waals surface area contributed by atoms with Crippen molar-refractivity contribution in [2.45, 2.75) is 24.3 Å². The van der Waals surface area contributed by atoms with Crippen molar-refractivity contribution in [3.05, 3.63) is 131 Å². The molecular formula is C30H24N2O4. The van der Waals surface area contributed by atoms with Crippen molar-refractivity contribution >= 4 is 23.2 Å². The fourth-order valence-electron chi connectivity index (χ4n) is 5.41. The molecule has 6 heteroatoms. The van der Waals surface area contributed by atoms with Crippen LogP contribution in [-0.4, -0.2) is 22.0 Å². The smallest absolute Gasteiger partial charge is 0.268 e. The molecule has 0 radical (unpaired) electrons. The zero-order valence-corrected chi connectivity index (χ0v) is 19.4. The highest BCUT2D eigenvalue weighted by atomic mass is 16.4. The molecule has 2 unspecified atom stereocenters. The average Bonchev–Trinajstić information content (AvgIpc) is 3.28. The van der Waals surface area contributed by atoms with Gasteiger partial charge in [-0.25, -0.2) is 0 Å². The van der Waals surface area contributed by atoms with Crippen LogP contribution in [0.2, 0.25) is 0 Å². The molecule has 4 aromatic carbocycles. The first-order valence-corrected chi connectivity index (χ1v) is 11.8. The van der Waals surface area contributed by atoms with E-state index in [9.17, 15) is 19.8 Å². The highest BCUT2D eigenvalue weighted by Gasteiger charge is 2.70. The summed E-state index contributed by atoms with van der Waals surface area (Å²) in [5, 5.41) is 24.5. The normalized spacial score (nSPS) is 22.6. The zero-order chi connectivity index (χ0) is 24.9. The van der Waals surface area contributed by atoms with E-state index in [2.05, 4.69) is 0 Å². The third-order valence-electron chi connectivity index (χ3n) is 7.17. The van der Waals surface area contributed by atoms with Crippen LogP contribution in [0.4, 0.5) is 11.4 Å². The molecule has 4 aromatic rings. The molecule has 178 valence electrons. The first kappa shape index (κ1) is 22.2. The molecular weight excluding hydrogens is 452 g/mol. The van der Waals surface area contributed by atoms with Crippen LogP contribution in [0.5, 0.6) is 0 Å². The Morgan fingerprint density at radius 3 is 1.22 bits per heavy atom. The van der Waals surface area contributed by atoms with Crippen LogP contribution in [0.1, 0.15) is 22.3 Å². The lowest BCUT2D eigenvalue weighted by Crippen LogP contribution is -2.60. The number of carbonyl (C=O) groups is 2. The predicted octanol–water partition coefficient (Wildman–Crippen LogP) is 3.86. The number of nitrogens with zero attached hydrogens (tertiary/aromatic N) is 2. The van der Waals surface area contributed by atoms with Crippen LogP contribution < -0.4 is 9.80 Å². The minimum Gasteiger partial charge on any atom is -0.372 e. The summed E-state index contributed by atoms with van der Waals surface area (Å²) < 4.78 is 0. The molecule has 6 nitrogen and oxygen atoms in total. The van der Waals surface area contributed by atoms with Gasteiger partial charge in [-0.05, 0) is 23.3 Å². The molecule has 0 saturated carbocycles. The second-order valence-electron chi connectivity index (χ2n) is 9.21. The van der Waals surface area contributed by atoms with Gasteiger partial charge in [-0.15, -0.1) is 0 Å². The monoisotopic (exact) mass is 476 g/mol. The van der Waals surface area contributed by atoms with Gasteiger partial charge >= 0.3 is 0 Å². The molecule has 0 aromatic heterocycles. The van der Waals surface area contributed by atoms with Gasteiger partial charge in [0.1, 0.15) is 0 Å². The third-order valence-corrected chi connectivity index (χ3v) is 7.17. The fourth-order valence-corrected chi connectivity index (χ4v) is 5.41. The molecule has 2 heterocycles. The maximum atomic E-state index is 14.0. The average molecular weight is 477 g/mol. The molecule has 36 heavy (non-hydrogen) atoms. The minimum atomic E-state index is -2.50. The Morgan fingerprint density at radius 2 is 0.833 bits per heavy atom. The largest absolute Gasteiger partial charge is 0.372 e. The second-order valence-corrected chi connectivity index (χ2v) is 9.21. The number of hydrogen-bond acceptors (Lipinski definition) is 4. The quantitative estimate of drug-likeness (QED) is 0.459. The first-order chi connectivity index (χ1) is 17.5. The van der Waals surface area contributed by atoms with E-state index in [0.717, 1.165) is 11.1 Å². The minimum absolute atomic E-state index is 0.193. The Labute approximate surface area is 208 Å². The molecule has 0 saturated heterocycles. The molecule has 0 spiro atoms. The summed E-state index contributed by atoms with van der Waals surface area (Å²) in [6, 6.07) is 32.4. The van der Waals surface area contributed by atoms with Crippen LogP contribution in [-0.2, 0) is 33.9 Å². The summed E-state index contributed by atoms with van der Waals surface area (Å²) in [6.07, 6.45) is 0. The summed E-state index contributed by atoms with van der Waals surface area (Å²) in [7, 11) is 0. The van der Waals surface area contributed by atoms with Crippen molar-refractivity contribution in [1.82, 2.24) is 0 Å². The molecule has 0 fully saturated rings. The van der Waals surface area contributed by atoms with Gasteiger partial charge in [0, 0.05) is 11.1 Å². The maximum absolute atomic E-state index is 14.0. The van der Waals surface area contributed by atoms with Crippen LogP contribution in [0.25, 0.3) is 0 Å². The Kier molecular flexibility index (Phi) is 5.03. The second kappa shape index (κ2) is 8.16. The lowest BCUT2D eigenvalue weighted by atomic mass is 9.74. The number of amides is 2. The van der Waals surface area contributed by atoms with Crippen molar-refractivity contribution in [1.29, 1.82) is 0 Å². The molecule has 6 rings (SSSR count). The van der Waals surface area contributed by atoms with E-state index in [-0.39, 0.29) is 24.2 Å². The van der Waals surface area contributed by atoms with Crippen LogP contribution in [0.15, 0.2) is 109 Å². The number of benzene rings is 4. The van der Waals surface area contributed by atoms with Gasteiger partial charge in [0.25, 0.3) is 11.8 Å². The summed E-state index contributed by atoms with van der Waals surface area (Å²) >= 11 is 0. The molecule has 0 bridgehead atoms. The molecule has 2 aliphatic rings. The SMILES string of the molecule is O=C1N(Cc2ccccc2)c2ccccc2C1(O)C1(O)C(=O)N(Cc2ccccc2)c2ccccc21. The number of anilines is 2. The lowest BCUT2D eigenvalue weighted by molar-refractivity contribution is -0.184. The van der Waals surface area contributed by atoms with E-state index in [1.165, 1.54) is 9.80 Å². The number of hydrogen-bond donors (Lipinski definition) is 2. The van der Waals surface area contributed by atoms with Gasteiger partial charge in [0.15, 0.2) is 0 Å². The van der Waals surface area contributed by atoms with Gasteiger partial charge < -0.3 is 20.0 Å². The number of rotatable bonds is 5. The number of aliphatic hydroxyl groups is 2. The van der Waals surface area contributed by atoms with Crippen molar-refractivity contribution in [2.75, 3.05) is 9.80 Å². The van der Waals surface area contributed by atoms with Crippen LogP contribution in [0.3, 0.4) is 0 Å². The van der Waals surface area contributed by atoms with Crippen molar-refractivity contribution < 1.29 is 19.8 Å². The molecule has 2 atom stereocenters. The van der Waals surface area contributed by atoms with Gasteiger partial charge in [0.2, 0.25) is 11.2 Å². The Hall–Kier alpha value is -4.26. The van der Waals surface area contributed by atoms with Crippen molar-refractivity contribution in [3.8, 4) is 0 Å². The fraction of sp³-hybridized carbons (Fsp3) is 0.133. The predicted molar refractivity (Wildman–Crippen MR) is 136 cm³/mol. The molecule has 2 N–H and O–H groups in total. The topological polar surface area (TPSA) is 81.1 Å². The van der Waals surface area contributed by atoms with Crippen LogP contribution >= 0.6 is 0 Å². The molecule has 2 aliphatic heterocycles. The van der Waals surface area contributed by atoms with E-state index in [1.807, 2.05) is 60.7 Å². The Morgan fingerprint density at radius 1 is 0.500 bits per heavy atom. The van der Waals surface area contributed by atoms with Crippen molar-refractivity contribution in [2.24, 2.45) is 0 Å². The summed E-state index contributed by atoms with van der Waals surface area (Å²) in [6.45, 7) is 0.386. The molecule has 2 amide bonds. The van der Waals surface area contributed by atoms with Crippen LogP contribution in [0, 0.1) is 0 Å². The maximum Gasteiger partial charge on any atom is 0.268 e. The molecule has 0 aliphatic carbocycles. The van der Waals surface area contributed by atoms with Gasteiger partial charge in [-0.3, -0.25) is 9.59 Å². The first-order valence-electron chi connectivity index (χ1n) is 11.8. The summed E-state index contributed by atoms with van der Waals surface area (Å²) in [4.78, 5) is 31.0. The highest BCUT2D eigenvalue weighted by Crippen LogP contribution is 2.56. The standard InChI is InChI=1S/C30H24N2O4/c33-27-29(35,23-15-7-9-17-25(23)31(27)19-21-11-3-1-4-12-21)30(36)24-16-8-10-18-26(24)32(28(30)34)20-22-13-5-2-6-14-22/h1-18,35-36H,19-20H2. The number of fused-ring (bicyclic) bond motifs is 2. The Balaban J connectivity index is 1.49. The van der Waals surface area contributed by atoms with Gasteiger partial charge in [-0.2, -0.15) is 0 Å². The van der Waals surface area contributed by atoms with Gasteiger partial charge in [-0.1, -0.05) is 97.1 Å². The van der Waals surface area contributed by atoms with E-state index in [0.29, 0.717) is 11.4 Å². The third kappa shape index (κ3) is 2.98.